The van der Waals surface area contributed by atoms with Crippen LogP contribution in [0, 0.1) is 0 Å². The third-order valence-electron chi connectivity index (χ3n) is 4.82. The number of thioether (sulfide) groups is 1. The summed E-state index contributed by atoms with van der Waals surface area (Å²) in [7, 11) is 0. The predicted octanol–water partition coefficient (Wildman–Crippen LogP) is 4.10. The highest BCUT2D eigenvalue weighted by molar-refractivity contribution is 8.00. The summed E-state index contributed by atoms with van der Waals surface area (Å²) in [4.78, 5) is 32.9. The van der Waals surface area contributed by atoms with Gasteiger partial charge in [0.15, 0.2) is 0 Å². The molecule has 1 amide bonds. The molecule has 1 atom stereocenters. The number of aromatic nitrogens is 2. The van der Waals surface area contributed by atoms with Crippen molar-refractivity contribution in [1.29, 1.82) is 0 Å². The van der Waals surface area contributed by atoms with Gasteiger partial charge in [-0.05, 0) is 31.9 Å². The van der Waals surface area contributed by atoms with Crippen LogP contribution in [0.3, 0.4) is 0 Å². The van der Waals surface area contributed by atoms with Crippen LogP contribution < -0.4 is 10.9 Å². The summed E-state index contributed by atoms with van der Waals surface area (Å²) in [6, 6.07) is 3.95. The number of thiophene rings is 1. The maximum absolute atomic E-state index is 12.6. The Bertz CT molecular complexity index is 987. The minimum atomic E-state index is -0.175. The predicted molar refractivity (Wildman–Crippen MR) is 109 cm³/mol. The van der Waals surface area contributed by atoms with Crippen molar-refractivity contribution in [3.8, 4) is 11.3 Å². The standard InChI is InChI=1S/C19H21N3O3S2/c1-11(26-10-15(23)20-12-5-2-3-6-12)17-21-18(24)16-13(9-27-19(16)22-17)14-7-4-8-25-14/h4,7-9,11-12H,2-3,5-6,10H2,1H3,(H,20,23)(H,21,22,24). The number of fused-ring (bicyclic) bond motifs is 1. The summed E-state index contributed by atoms with van der Waals surface area (Å²) in [5.41, 5.74) is 0.585. The van der Waals surface area contributed by atoms with Gasteiger partial charge in [0.25, 0.3) is 5.56 Å². The van der Waals surface area contributed by atoms with Crippen molar-refractivity contribution in [2.45, 2.75) is 43.9 Å². The molecule has 1 unspecified atom stereocenters. The third-order valence-corrected chi connectivity index (χ3v) is 6.84. The highest BCUT2D eigenvalue weighted by Crippen LogP contribution is 2.32. The van der Waals surface area contributed by atoms with Crippen LogP contribution in [-0.4, -0.2) is 27.7 Å². The van der Waals surface area contributed by atoms with Gasteiger partial charge in [0.05, 0.1) is 22.7 Å². The Labute approximate surface area is 164 Å². The minimum absolute atomic E-state index is 0.0541. The summed E-state index contributed by atoms with van der Waals surface area (Å²) in [5, 5.41) is 5.45. The first-order valence-electron chi connectivity index (χ1n) is 9.08. The number of carbonyl (C=O) groups is 1. The van der Waals surface area contributed by atoms with Crippen LogP contribution in [0.2, 0.25) is 0 Å². The van der Waals surface area contributed by atoms with Gasteiger partial charge in [-0.2, -0.15) is 0 Å². The number of hydrogen-bond acceptors (Lipinski definition) is 6. The van der Waals surface area contributed by atoms with Gasteiger partial charge in [-0.25, -0.2) is 4.98 Å². The van der Waals surface area contributed by atoms with Crippen molar-refractivity contribution >= 4 is 39.2 Å². The molecule has 1 saturated carbocycles. The molecule has 0 bridgehead atoms. The third kappa shape index (κ3) is 3.96. The van der Waals surface area contributed by atoms with Gasteiger partial charge >= 0.3 is 0 Å². The van der Waals surface area contributed by atoms with Crippen molar-refractivity contribution in [2.75, 3.05) is 5.75 Å². The quantitative estimate of drug-likeness (QED) is 0.647. The van der Waals surface area contributed by atoms with Crippen LogP contribution in [0.1, 0.15) is 43.7 Å². The lowest BCUT2D eigenvalue weighted by Gasteiger charge is -2.14. The number of nitrogens with one attached hydrogen (secondary N) is 2. The number of aromatic amines is 1. The second kappa shape index (κ2) is 7.90. The van der Waals surface area contributed by atoms with Gasteiger partial charge in [-0.3, -0.25) is 9.59 Å². The van der Waals surface area contributed by atoms with E-state index in [1.165, 1.54) is 35.9 Å². The molecule has 0 saturated heterocycles. The van der Waals surface area contributed by atoms with Crippen LogP contribution in [0.4, 0.5) is 0 Å². The second-order valence-corrected chi connectivity index (χ2v) is 8.95. The SMILES string of the molecule is CC(SCC(=O)NC1CCCC1)c1nc2scc(-c3ccco3)c2c(=O)[nH]1. The number of rotatable bonds is 6. The summed E-state index contributed by atoms with van der Waals surface area (Å²) in [5.74, 6) is 1.67. The topological polar surface area (TPSA) is 88.0 Å². The van der Waals surface area contributed by atoms with E-state index < -0.39 is 0 Å². The molecular weight excluding hydrogens is 382 g/mol. The van der Waals surface area contributed by atoms with Gasteiger partial charge in [0.2, 0.25) is 5.91 Å². The van der Waals surface area contributed by atoms with E-state index in [9.17, 15) is 9.59 Å². The highest BCUT2D eigenvalue weighted by Gasteiger charge is 2.20. The van der Waals surface area contributed by atoms with Crippen molar-refractivity contribution in [3.05, 3.63) is 40.0 Å². The lowest BCUT2D eigenvalue weighted by Crippen LogP contribution is -2.34. The number of amides is 1. The summed E-state index contributed by atoms with van der Waals surface area (Å²) < 4.78 is 5.42. The molecule has 142 valence electrons. The first-order chi connectivity index (χ1) is 13.1. The molecule has 8 heteroatoms. The molecule has 27 heavy (non-hydrogen) atoms. The summed E-state index contributed by atoms with van der Waals surface area (Å²) in [6.07, 6.45) is 6.13. The van der Waals surface area contributed by atoms with E-state index in [1.54, 1.807) is 12.3 Å². The maximum atomic E-state index is 12.6. The number of H-pyrrole nitrogens is 1. The Morgan fingerprint density at radius 1 is 1.48 bits per heavy atom. The maximum Gasteiger partial charge on any atom is 0.260 e. The molecule has 3 aromatic rings. The molecule has 2 N–H and O–H groups in total. The van der Waals surface area contributed by atoms with E-state index >= 15 is 0 Å². The number of furan rings is 1. The number of hydrogen-bond donors (Lipinski definition) is 2. The fourth-order valence-corrected chi connectivity index (χ4v) is 5.08. The van der Waals surface area contributed by atoms with Gasteiger partial charge in [-0.15, -0.1) is 23.1 Å². The van der Waals surface area contributed by atoms with Crippen LogP contribution in [0.15, 0.2) is 33.0 Å². The fourth-order valence-electron chi connectivity index (χ4n) is 3.39. The van der Waals surface area contributed by atoms with E-state index in [0.29, 0.717) is 33.6 Å². The van der Waals surface area contributed by atoms with E-state index in [4.69, 9.17) is 4.42 Å². The van der Waals surface area contributed by atoms with Crippen LogP contribution in [0.5, 0.6) is 0 Å². The molecule has 1 fully saturated rings. The van der Waals surface area contributed by atoms with Gasteiger partial charge in [-0.1, -0.05) is 12.8 Å². The Morgan fingerprint density at radius 3 is 3.04 bits per heavy atom. The molecular formula is C19H21N3O3S2. The van der Waals surface area contributed by atoms with E-state index in [-0.39, 0.29) is 16.7 Å². The lowest BCUT2D eigenvalue weighted by atomic mass is 10.2. The zero-order valence-corrected chi connectivity index (χ0v) is 16.6. The van der Waals surface area contributed by atoms with Crippen molar-refractivity contribution in [3.63, 3.8) is 0 Å². The van der Waals surface area contributed by atoms with Crippen molar-refractivity contribution in [2.24, 2.45) is 0 Å². The van der Waals surface area contributed by atoms with Gasteiger partial charge in [0, 0.05) is 17.0 Å². The van der Waals surface area contributed by atoms with E-state index in [2.05, 4.69) is 15.3 Å². The fraction of sp³-hybridized carbons (Fsp3) is 0.421. The first-order valence-corrected chi connectivity index (χ1v) is 11.0. The molecule has 0 spiro atoms. The van der Waals surface area contributed by atoms with E-state index in [1.807, 2.05) is 18.4 Å². The summed E-state index contributed by atoms with van der Waals surface area (Å²) >= 11 is 2.91. The van der Waals surface area contributed by atoms with Gasteiger partial charge in [0.1, 0.15) is 16.4 Å². The minimum Gasteiger partial charge on any atom is -0.464 e. The molecule has 6 nitrogen and oxygen atoms in total. The highest BCUT2D eigenvalue weighted by atomic mass is 32.2. The number of nitrogens with zero attached hydrogens (tertiary/aromatic N) is 1. The average molecular weight is 404 g/mol. The molecule has 0 aromatic carbocycles. The molecule has 1 aliphatic carbocycles. The lowest BCUT2D eigenvalue weighted by molar-refractivity contribution is -0.119. The molecule has 0 radical (unpaired) electrons. The summed E-state index contributed by atoms with van der Waals surface area (Å²) in [6.45, 7) is 1.96. The zero-order chi connectivity index (χ0) is 18.8. The Balaban J connectivity index is 1.47. The largest absolute Gasteiger partial charge is 0.464 e. The molecule has 3 heterocycles. The van der Waals surface area contributed by atoms with Crippen molar-refractivity contribution in [1.82, 2.24) is 15.3 Å². The van der Waals surface area contributed by atoms with E-state index in [0.717, 1.165) is 18.4 Å². The molecule has 1 aliphatic rings. The normalized spacial score (nSPS) is 16.0. The average Bonchev–Trinajstić information content (AvgIpc) is 3.39. The molecule has 0 aliphatic heterocycles. The van der Waals surface area contributed by atoms with Crippen LogP contribution in [-0.2, 0) is 4.79 Å². The van der Waals surface area contributed by atoms with Gasteiger partial charge < -0.3 is 14.7 Å². The van der Waals surface area contributed by atoms with Crippen molar-refractivity contribution < 1.29 is 9.21 Å². The Morgan fingerprint density at radius 2 is 2.30 bits per heavy atom. The van der Waals surface area contributed by atoms with Crippen LogP contribution in [0.25, 0.3) is 21.5 Å². The zero-order valence-electron chi connectivity index (χ0n) is 15.0. The molecule has 4 rings (SSSR count). The Hall–Kier alpha value is -2.06. The first kappa shape index (κ1) is 18.3. The Kier molecular flexibility index (Phi) is 5.36. The number of carbonyl (C=O) groups excluding carboxylic acids is 1. The monoisotopic (exact) mass is 403 g/mol. The molecule has 3 aromatic heterocycles. The van der Waals surface area contributed by atoms with Crippen LogP contribution >= 0.6 is 23.1 Å². The second-order valence-electron chi connectivity index (χ2n) is 6.76. The smallest absolute Gasteiger partial charge is 0.260 e.